The van der Waals surface area contributed by atoms with Crippen molar-refractivity contribution in [1.29, 1.82) is 0 Å². The molecule has 2 aromatic carbocycles. The number of aryl methyl sites for hydroxylation is 1. The molecule has 0 bridgehead atoms. The third kappa shape index (κ3) is 3.73. The summed E-state index contributed by atoms with van der Waals surface area (Å²) in [5.74, 6) is -0.335. The summed E-state index contributed by atoms with van der Waals surface area (Å²) in [4.78, 5) is 26.9. The molecule has 1 aliphatic heterocycles. The smallest absolute Gasteiger partial charge is 0.298 e. The number of aromatic nitrogens is 1. The Balaban J connectivity index is 1.69. The molecule has 0 N–H and O–H groups in total. The number of benzene rings is 2. The number of nitrogens with zero attached hydrogens (tertiary/aromatic N) is 2. The summed E-state index contributed by atoms with van der Waals surface area (Å²) in [5.41, 5.74) is 4.38. The molecule has 0 saturated carbocycles. The van der Waals surface area contributed by atoms with Crippen molar-refractivity contribution in [3.05, 3.63) is 86.5 Å². The normalized spacial score (nSPS) is 15.6. The molecule has 3 aromatic rings. The second-order valence-corrected chi connectivity index (χ2v) is 8.50. The van der Waals surface area contributed by atoms with Crippen LogP contribution in [0.15, 0.2) is 59.5 Å². The van der Waals surface area contributed by atoms with Crippen LogP contribution in [0.25, 0.3) is 11.8 Å². The number of thioether (sulfide) groups is 1. The van der Waals surface area contributed by atoms with Gasteiger partial charge in [0.25, 0.3) is 11.1 Å². The molecule has 0 radical (unpaired) electrons. The van der Waals surface area contributed by atoms with Crippen molar-refractivity contribution in [2.75, 3.05) is 4.90 Å². The number of hydrogen-bond donors (Lipinski definition) is 0. The average Bonchev–Trinajstić information content (AvgIpc) is 3.12. The fourth-order valence-electron chi connectivity index (χ4n) is 3.34. The van der Waals surface area contributed by atoms with Gasteiger partial charge in [-0.3, -0.25) is 9.59 Å². The topological polar surface area (TPSA) is 42.3 Å². The maximum atomic E-state index is 12.9. The predicted molar refractivity (Wildman–Crippen MR) is 120 cm³/mol. The van der Waals surface area contributed by atoms with E-state index in [0.717, 1.165) is 34.4 Å². The van der Waals surface area contributed by atoms with Crippen LogP contribution >= 0.6 is 35.0 Å². The van der Waals surface area contributed by atoms with Gasteiger partial charge >= 0.3 is 0 Å². The predicted octanol–water partition coefficient (Wildman–Crippen LogP) is 6.64. The average molecular weight is 443 g/mol. The molecule has 1 aliphatic rings. The Morgan fingerprint density at radius 2 is 1.41 bits per heavy atom. The lowest BCUT2D eigenvalue weighted by Crippen LogP contribution is -2.27. The minimum atomic E-state index is -0.335. The van der Waals surface area contributed by atoms with E-state index >= 15 is 0 Å². The van der Waals surface area contributed by atoms with Gasteiger partial charge in [-0.25, -0.2) is 4.90 Å². The van der Waals surface area contributed by atoms with Gasteiger partial charge in [0.1, 0.15) is 0 Å². The molecule has 4 rings (SSSR count). The summed E-state index contributed by atoms with van der Waals surface area (Å²) >= 11 is 12.8. The quantitative estimate of drug-likeness (QED) is 0.426. The van der Waals surface area contributed by atoms with Gasteiger partial charge in [0.2, 0.25) is 0 Å². The summed E-state index contributed by atoms with van der Waals surface area (Å²) in [5, 5.41) is 0.897. The minimum absolute atomic E-state index is 0.324. The van der Waals surface area contributed by atoms with Gasteiger partial charge in [0, 0.05) is 27.1 Å². The zero-order valence-electron chi connectivity index (χ0n) is 15.6. The maximum absolute atomic E-state index is 12.9. The number of rotatable bonds is 3. The SMILES string of the molecule is Cc1cc(C=C2SC(=O)N(c3ccc(Cl)cc3)C2=O)c(C)n1-c1ccc(Cl)cc1. The van der Waals surface area contributed by atoms with E-state index in [0.29, 0.717) is 20.6 Å². The second kappa shape index (κ2) is 7.75. The second-order valence-electron chi connectivity index (χ2n) is 6.63. The first kappa shape index (κ1) is 19.8. The summed E-state index contributed by atoms with van der Waals surface area (Å²) in [6.45, 7) is 3.98. The number of carbonyl (C=O) groups excluding carboxylic acids is 2. The van der Waals surface area contributed by atoms with Crippen molar-refractivity contribution < 1.29 is 9.59 Å². The van der Waals surface area contributed by atoms with Crippen molar-refractivity contribution in [2.24, 2.45) is 0 Å². The fourth-order valence-corrected chi connectivity index (χ4v) is 4.43. The van der Waals surface area contributed by atoms with E-state index in [1.165, 1.54) is 4.90 Å². The first-order chi connectivity index (χ1) is 13.8. The Bertz CT molecular complexity index is 1150. The molecule has 1 aromatic heterocycles. The van der Waals surface area contributed by atoms with Crippen molar-refractivity contribution in [3.8, 4) is 5.69 Å². The van der Waals surface area contributed by atoms with Crippen LogP contribution in [0, 0.1) is 13.8 Å². The standard InChI is InChI=1S/C22H16Cl2N2O2S/c1-13-11-15(14(2)25(13)18-7-3-16(23)4-8-18)12-20-21(27)26(22(28)29-20)19-9-5-17(24)6-10-19/h3-12H,1-2H3. The van der Waals surface area contributed by atoms with E-state index in [1.807, 2.05) is 44.2 Å². The Labute approximate surface area is 182 Å². The van der Waals surface area contributed by atoms with Gasteiger partial charge in [-0.15, -0.1) is 0 Å². The lowest BCUT2D eigenvalue weighted by Gasteiger charge is -2.12. The molecule has 146 valence electrons. The number of anilines is 1. The van der Waals surface area contributed by atoms with E-state index in [9.17, 15) is 9.59 Å². The Kier molecular flexibility index (Phi) is 5.30. The monoisotopic (exact) mass is 442 g/mol. The molecule has 0 atom stereocenters. The minimum Gasteiger partial charge on any atom is -0.318 e. The van der Waals surface area contributed by atoms with Crippen LogP contribution in [-0.4, -0.2) is 15.7 Å². The van der Waals surface area contributed by atoms with Crippen LogP contribution in [-0.2, 0) is 4.79 Å². The van der Waals surface area contributed by atoms with E-state index in [-0.39, 0.29) is 11.1 Å². The Hall–Kier alpha value is -2.47. The van der Waals surface area contributed by atoms with Gasteiger partial charge in [-0.1, -0.05) is 23.2 Å². The molecular weight excluding hydrogens is 427 g/mol. The largest absolute Gasteiger partial charge is 0.318 e. The molecular formula is C22H16Cl2N2O2S. The van der Waals surface area contributed by atoms with Crippen molar-refractivity contribution in [1.82, 2.24) is 4.57 Å². The lowest BCUT2D eigenvalue weighted by molar-refractivity contribution is -0.113. The highest BCUT2D eigenvalue weighted by molar-refractivity contribution is 8.19. The highest BCUT2D eigenvalue weighted by Gasteiger charge is 2.36. The maximum Gasteiger partial charge on any atom is 0.298 e. The Morgan fingerprint density at radius 1 is 0.862 bits per heavy atom. The summed E-state index contributed by atoms with van der Waals surface area (Å²) in [6, 6.07) is 16.2. The van der Waals surface area contributed by atoms with Crippen molar-refractivity contribution in [2.45, 2.75) is 13.8 Å². The Morgan fingerprint density at radius 3 is 2.00 bits per heavy atom. The number of hydrogen-bond acceptors (Lipinski definition) is 3. The molecule has 1 fully saturated rings. The highest BCUT2D eigenvalue weighted by Crippen LogP contribution is 2.37. The molecule has 2 amide bonds. The first-order valence-electron chi connectivity index (χ1n) is 8.83. The van der Waals surface area contributed by atoms with E-state index < -0.39 is 0 Å². The van der Waals surface area contributed by atoms with Gasteiger partial charge in [0.15, 0.2) is 0 Å². The number of amides is 2. The number of carbonyl (C=O) groups is 2. The van der Waals surface area contributed by atoms with Gasteiger partial charge in [0.05, 0.1) is 10.6 Å². The zero-order chi connectivity index (χ0) is 20.7. The summed E-state index contributed by atoms with van der Waals surface area (Å²) in [7, 11) is 0. The fraction of sp³-hybridized carbons (Fsp3) is 0.0909. The molecule has 0 unspecified atom stereocenters. The van der Waals surface area contributed by atoms with Crippen LogP contribution < -0.4 is 4.90 Å². The highest BCUT2D eigenvalue weighted by atomic mass is 35.5. The van der Waals surface area contributed by atoms with Crippen LogP contribution in [0.3, 0.4) is 0 Å². The molecule has 4 nitrogen and oxygen atoms in total. The third-order valence-electron chi connectivity index (χ3n) is 4.72. The van der Waals surface area contributed by atoms with Crippen LogP contribution in [0.1, 0.15) is 17.0 Å². The first-order valence-corrected chi connectivity index (χ1v) is 10.4. The molecule has 0 aliphatic carbocycles. The molecule has 0 spiro atoms. The van der Waals surface area contributed by atoms with E-state index in [4.69, 9.17) is 23.2 Å². The zero-order valence-corrected chi connectivity index (χ0v) is 18.0. The van der Waals surface area contributed by atoms with Crippen LogP contribution in [0.4, 0.5) is 10.5 Å². The number of imide groups is 1. The number of halogens is 2. The van der Waals surface area contributed by atoms with E-state index in [2.05, 4.69) is 4.57 Å². The molecule has 7 heteroatoms. The summed E-state index contributed by atoms with van der Waals surface area (Å²) in [6.07, 6.45) is 1.77. The molecule has 29 heavy (non-hydrogen) atoms. The lowest BCUT2D eigenvalue weighted by atomic mass is 10.2. The third-order valence-corrected chi connectivity index (χ3v) is 6.09. The van der Waals surface area contributed by atoms with Crippen LogP contribution in [0.5, 0.6) is 0 Å². The molecule has 1 saturated heterocycles. The van der Waals surface area contributed by atoms with Crippen LogP contribution in [0.2, 0.25) is 10.0 Å². The van der Waals surface area contributed by atoms with Crippen molar-refractivity contribution >= 4 is 57.9 Å². The van der Waals surface area contributed by atoms with Gasteiger partial charge < -0.3 is 4.57 Å². The van der Waals surface area contributed by atoms with Gasteiger partial charge in [-0.05, 0) is 91.8 Å². The van der Waals surface area contributed by atoms with E-state index in [1.54, 1.807) is 30.3 Å². The molecule has 2 heterocycles. The van der Waals surface area contributed by atoms with Crippen molar-refractivity contribution in [3.63, 3.8) is 0 Å². The summed E-state index contributed by atoms with van der Waals surface area (Å²) < 4.78 is 2.09. The van der Waals surface area contributed by atoms with Gasteiger partial charge in [-0.2, -0.15) is 0 Å².